The number of fused-ring (bicyclic) bond motifs is 1. The lowest BCUT2D eigenvalue weighted by molar-refractivity contribution is 0.102. The number of benzene rings is 1. The van der Waals surface area contributed by atoms with Gasteiger partial charge in [-0.25, -0.2) is 13.8 Å². The number of carbonyl (C=O) groups is 1. The SMILES string of the molecule is Cc1cn2cc(NC(=O)c3ccc(N4CCN[C@@H](C)C4)cc3F)cc(F)c2n1. The van der Waals surface area contributed by atoms with Gasteiger partial charge < -0.3 is 19.9 Å². The number of amides is 1. The molecule has 0 aliphatic carbocycles. The Hall–Kier alpha value is -3.00. The lowest BCUT2D eigenvalue weighted by Gasteiger charge is -2.33. The minimum atomic E-state index is -0.631. The second kappa shape index (κ2) is 7.20. The third kappa shape index (κ3) is 3.55. The Balaban J connectivity index is 1.55. The molecule has 1 fully saturated rings. The summed E-state index contributed by atoms with van der Waals surface area (Å²) in [5.74, 6) is -1.80. The first-order chi connectivity index (χ1) is 13.4. The molecule has 0 saturated carbocycles. The van der Waals surface area contributed by atoms with Crippen molar-refractivity contribution in [3.8, 4) is 0 Å². The van der Waals surface area contributed by atoms with Crippen LogP contribution in [-0.4, -0.2) is 41.0 Å². The Labute approximate surface area is 161 Å². The first kappa shape index (κ1) is 18.4. The number of aryl methyl sites for hydroxylation is 1. The van der Waals surface area contributed by atoms with E-state index in [1.54, 1.807) is 25.4 Å². The van der Waals surface area contributed by atoms with Crippen LogP contribution in [-0.2, 0) is 0 Å². The number of hydrogen-bond donors (Lipinski definition) is 2. The Bertz CT molecular complexity index is 1050. The fourth-order valence-corrected chi connectivity index (χ4v) is 3.50. The fourth-order valence-electron chi connectivity index (χ4n) is 3.50. The second-order valence-corrected chi connectivity index (χ2v) is 7.11. The van der Waals surface area contributed by atoms with E-state index in [9.17, 15) is 13.6 Å². The van der Waals surface area contributed by atoms with E-state index in [0.717, 1.165) is 25.3 Å². The van der Waals surface area contributed by atoms with Crippen LogP contribution >= 0.6 is 0 Å². The zero-order valence-corrected chi connectivity index (χ0v) is 15.7. The molecular formula is C20H21F2N5O. The number of rotatable bonds is 3. The molecule has 3 heterocycles. The van der Waals surface area contributed by atoms with E-state index in [2.05, 4.69) is 27.4 Å². The number of nitrogens with one attached hydrogen (secondary N) is 2. The highest BCUT2D eigenvalue weighted by atomic mass is 19.1. The standard InChI is InChI=1S/C20H21F2N5O/c1-12-9-26(6-5-23-12)15-3-4-16(17(21)8-15)20(28)25-14-7-18(22)19-24-13(2)10-27(19)11-14/h3-4,7-8,10-12,23H,5-6,9H2,1-2H3,(H,25,28)/t12-/m0/s1. The molecule has 146 valence electrons. The molecule has 1 atom stereocenters. The molecule has 1 amide bonds. The molecule has 6 nitrogen and oxygen atoms in total. The minimum absolute atomic E-state index is 0.0887. The van der Waals surface area contributed by atoms with Crippen molar-refractivity contribution < 1.29 is 13.6 Å². The molecule has 0 bridgehead atoms. The summed E-state index contributed by atoms with van der Waals surface area (Å²) in [6.07, 6.45) is 3.20. The number of carbonyl (C=O) groups excluding carboxylic acids is 1. The van der Waals surface area contributed by atoms with E-state index >= 15 is 0 Å². The van der Waals surface area contributed by atoms with Crippen molar-refractivity contribution in [3.63, 3.8) is 0 Å². The predicted molar refractivity (Wildman–Crippen MR) is 104 cm³/mol. The van der Waals surface area contributed by atoms with Gasteiger partial charge in [-0.2, -0.15) is 0 Å². The third-order valence-electron chi connectivity index (χ3n) is 4.82. The molecule has 1 aromatic carbocycles. The summed E-state index contributed by atoms with van der Waals surface area (Å²) in [6, 6.07) is 6.06. The van der Waals surface area contributed by atoms with Crippen molar-refractivity contribution in [3.05, 3.63) is 59.6 Å². The Morgan fingerprint density at radius 2 is 2.07 bits per heavy atom. The summed E-state index contributed by atoms with van der Waals surface area (Å²) in [6.45, 7) is 6.20. The van der Waals surface area contributed by atoms with Crippen molar-refractivity contribution in [2.24, 2.45) is 0 Å². The summed E-state index contributed by atoms with van der Waals surface area (Å²) in [4.78, 5) is 18.7. The van der Waals surface area contributed by atoms with Gasteiger partial charge in [-0.1, -0.05) is 0 Å². The van der Waals surface area contributed by atoms with Crippen LogP contribution in [0.15, 0.2) is 36.7 Å². The van der Waals surface area contributed by atoms with Crippen LogP contribution in [0.2, 0.25) is 0 Å². The zero-order chi connectivity index (χ0) is 19.8. The molecule has 1 aliphatic rings. The number of hydrogen-bond acceptors (Lipinski definition) is 4. The van der Waals surface area contributed by atoms with Gasteiger partial charge in [-0.15, -0.1) is 0 Å². The highest BCUT2D eigenvalue weighted by Gasteiger charge is 2.19. The zero-order valence-electron chi connectivity index (χ0n) is 15.7. The number of nitrogens with zero attached hydrogens (tertiary/aromatic N) is 3. The van der Waals surface area contributed by atoms with Gasteiger partial charge in [-0.3, -0.25) is 4.79 Å². The molecule has 3 aromatic rings. The van der Waals surface area contributed by atoms with E-state index in [0.29, 0.717) is 11.7 Å². The smallest absolute Gasteiger partial charge is 0.258 e. The maximum Gasteiger partial charge on any atom is 0.258 e. The fraction of sp³-hybridized carbons (Fsp3) is 0.300. The van der Waals surface area contributed by atoms with Gasteiger partial charge in [0.1, 0.15) is 5.82 Å². The van der Waals surface area contributed by atoms with Crippen LogP contribution in [0.25, 0.3) is 5.65 Å². The van der Waals surface area contributed by atoms with Gasteiger partial charge in [-0.05, 0) is 32.0 Å². The van der Waals surface area contributed by atoms with E-state index in [1.165, 1.54) is 22.6 Å². The minimum Gasteiger partial charge on any atom is -0.369 e. The topological polar surface area (TPSA) is 61.7 Å². The highest BCUT2D eigenvalue weighted by Crippen LogP contribution is 2.22. The molecular weight excluding hydrogens is 364 g/mol. The average Bonchev–Trinajstić information content (AvgIpc) is 3.02. The number of imidazole rings is 1. The van der Waals surface area contributed by atoms with Crippen LogP contribution in [0.1, 0.15) is 23.0 Å². The lowest BCUT2D eigenvalue weighted by atomic mass is 10.1. The number of piperazine rings is 1. The molecule has 0 spiro atoms. The molecule has 1 saturated heterocycles. The maximum atomic E-state index is 14.6. The summed E-state index contributed by atoms with van der Waals surface area (Å²) in [7, 11) is 0. The van der Waals surface area contributed by atoms with Crippen molar-refractivity contribution in [2.75, 3.05) is 29.9 Å². The van der Waals surface area contributed by atoms with Crippen molar-refractivity contribution in [1.82, 2.24) is 14.7 Å². The van der Waals surface area contributed by atoms with E-state index < -0.39 is 17.5 Å². The van der Waals surface area contributed by atoms with Crippen LogP contribution in [0.3, 0.4) is 0 Å². The molecule has 28 heavy (non-hydrogen) atoms. The maximum absolute atomic E-state index is 14.6. The average molecular weight is 385 g/mol. The molecule has 8 heteroatoms. The van der Waals surface area contributed by atoms with Crippen molar-refractivity contribution in [2.45, 2.75) is 19.9 Å². The number of aromatic nitrogens is 2. The van der Waals surface area contributed by atoms with E-state index in [-0.39, 0.29) is 16.9 Å². The first-order valence-corrected chi connectivity index (χ1v) is 9.15. The van der Waals surface area contributed by atoms with E-state index in [1.807, 2.05) is 0 Å². The quantitative estimate of drug-likeness (QED) is 0.728. The van der Waals surface area contributed by atoms with Crippen molar-refractivity contribution >= 4 is 22.9 Å². The normalized spacial score (nSPS) is 17.1. The molecule has 2 N–H and O–H groups in total. The molecule has 1 aliphatic heterocycles. The Morgan fingerprint density at radius 3 is 2.82 bits per heavy atom. The number of pyridine rings is 1. The van der Waals surface area contributed by atoms with Crippen LogP contribution in [0.5, 0.6) is 0 Å². The highest BCUT2D eigenvalue weighted by molar-refractivity contribution is 6.04. The largest absolute Gasteiger partial charge is 0.369 e. The molecule has 0 radical (unpaired) electrons. The van der Waals surface area contributed by atoms with Gasteiger partial charge in [0.05, 0.1) is 16.9 Å². The first-order valence-electron chi connectivity index (χ1n) is 9.15. The third-order valence-corrected chi connectivity index (χ3v) is 4.82. The number of halogens is 2. The van der Waals surface area contributed by atoms with Gasteiger partial charge in [0.2, 0.25) is 0 Å². The van der Waals surface area contributed by atoms with Gasteiger partial charge in [0.25, 0.3) is 5.91 Å². The molecule has 2 aromatic heterocycles. The van der Waals surface area contributed by atoms with Crippen LogP contribution in [0.4, 0.5) is 20.2 Å². The number of anilines is 2. The van der Waals surface area contributed by atoms with Crippen LogP contribution in [0, 0.1) is 18.6 Å². The summed E-state index contributed by atoms with van der Waals surface area (Å²) in [5.41, 5.74) is 1.72. The predicted octanol–water partition coefficient (Wildman–Crippen LogP) is 2.97. The molecule has 0 unspecified atom stereocenters. The van der Waals surface area contributed by atoms with E-state index in [4.69, 9.17) is 0 Å². The van der Waals surface area contributed by atoms with Gasteiger partial charge in [0, 0.05) is 49.8 Å². The van der Waals surface area contributed by atoms with Crippen LogP contribution < -0.4 is 15.5 Å². The lowest BCUT2D eigenvalue weighted by Crippen LogP contribution is -2.49. The summed E-state index contributed by atoms with van der Waals surface area (Å²) in [5, 5.41) is 5.89. The second-order valence-electron chi connectivity index (χ2n) is 7.11. The summed E-state index contributed by atoms with van der Waals surface area (Å²) >= 11 is 0. The van der Waals surface area contributed by atoms with Gasteiger partial charge in [0.15, 0.2) is 11.5 Å². The molecule has 4 rings (SSSR count). The van der Waals surface area contributed by atoms with Crippen molar-refractivity contribution in [1.29, 1.82) is 0 Å². The summed E-state index contributed by atoms with van der Waals surface area (Å²) < 4.78 is 30.3. The Kier molecular flexibility index (Phi) is 4.72. The Morgan fingerprint density at radius 1 is 1.25 bits per heavy atom. The monoisotopic (exact) mass is 385 g/mol. The van der Waals surface area contributed by atoms with Gasteiger partial charge >= 0.3 is 0 Å².